The lowest BCUT2D eigenvalue weighted by molar-refractivity contribution is -0.120. The molecule has 2 nitrogen and oxygen atoms in total. The number of carbonyl (C=O) groups is 1. The molecule has 0 aliphatic carbocycles. The summed E-state index contributed by atoms with van der Waals surface area (Å²) in [7, 11) is 0. The van der Waals surface area contributed by atoms with Gasteiger partial charge in [-0.1, -0.05) is 60.7 Å². The van der Waals surface area contributed by atoms with Crippen molar-refractivity contribution in [2.24, 2.45) is 0 Å². The van der Waals surface area contributed by atoms with Crippen molar-refractivity contribution < 1.29 is 4.79 Å². The van der Waals surface area contributed by atoms with Crippen molar-refractivity contribution in [1.82, 2.24) is 0 Å². The Kier molecular flexibility index (Phi) is 3.77. The van der Waals surface area contributed by atoms with Gasteiger partial charge in [0.25, 0.3) is 0 Å². The highest BCUT2D eigenvalue weighted by Gasteiger charge is 2.37. The number of carbonyl (C=O) groups excluding carboxylic acids is 1. The molecule has 2 rings (SSSR count). The molecular weight excluding hydrogens is 234 g/mol. The average molecular weight is 249 g/mol. The van der Waals surface area contributed by atoms with Gasteiger partial charge in [0.2, 0.25) is 0 Å². The minimum Gasteiger partial charge on any atom is -0.298 e. The van der Waals surface area contributed by atoms with Gasteiger partial charge in [-0.3, -0.25) is 4.79 Å². The summed E-state index contributed by atoms with van der Waals surface area (Å²) in [6.45, 7) is 1.49. The van der Waals surface area contributed by atoms with E-state index in [-0.39, 0.29) is 5.78 Å². The van der Waals surface area contributed by atoms with Crippen LogP contribution in [0.3, 0.4) is 0 Å². The minimum atomic E-state index is -1.09. The number of ketones is 1. The van der Waals surface area contributed by atoms with Crippen molar-refractivity contribution in [3.8, 4) is 6.07 Å². The Labute approximate surface area is 113 Å². The zero-order valence-corrected chi connectivity index (χ0v) is 10.8. The molecule has 0 bridgehead atoms. The Balaban J connectivity index is 2.48. The number of benzene rings is 2. The van der Waals surface area contributed by atoms with Crippen LogP contribution in [0.1, 0.15) is 18.1 Å². The molecule has 1 unspecified atom stereocenters. The van der Waals surface area contributed by atoms with Crippen LogP contribution in [0, 0.1) is 11.3 Å². The van der Waals surface area contributed by atoms with Crippen LogP contribution in [-0.2, 0) is 16.6 Å². The van der Waals surface area contributed by atoms with Crippen molar-refractivity contribution in [1.29, 1.82) is 5.26 Å². The van der Waals surface area contributed by atoms with Crippen LogP contribution in [0.5, 0.6) is 0 Å². The lowest BCUT2D eigenvalue weighted by Crippen LogP contribution is -2.35. The predicted octanol–water partition coefficient (Wildman–Crippen LogP) is 3.28. The first kappa shape index (κ1) is 13.0. The van der Waals surface area contributed by atoms with Gasteiger partial charge < -0.3 is 0 Å². The predicted molar refractivity (Wildman–Crippen MR) is 74.6 cm³/mol. The second-order valence-corrected chi connectivity index (χ2v) is 4.60. The summed E-state index contributed by atoms with van der Waals surface area (Å²) >= 11 is 0. The number of Topliss-reactive ketones (excluding diaryl/α,β-unsaturated/α-hetero) is 1. The second kappa shape index (κ2) is 5.49. The SMILES string of the molecule is CC(=O)C(C#N)(Cc1ccccc1)c1ccccc1. The molecular formula is C17H15NO. The zero-order valence-electron chi connectivity index (χ0n) is 10.8. The molecule has 2 aromatic carbocycles. The third-order valence-corrected chi connectivity index (χ3v) is 3.37. The van der Waals surface area contributed by atoms with E-state index in [4.69, 9.17) is 0 Å². The molecule has 19 heavy (non-hydrogen) atoms. The van der Waals surface area contributed by atoms with Gasteiger partial charge >= 0.3 is 0 Å². The maximum atomic E-state index is 12.1. The first-order chi connectivity index (χ1) is 9.19. The molecule has 0 spiro atoms. The Bertz CT molecular complexity index is 598. The van der Waals surface area contributed by atoms with Crippen molar-refractivity contribution in [3.63, 3.8) is 0 Å². The molecule has 0 saturated heterocycles. The zero-order chi connectivity index (χ0) is 13.7. The van der Waals surface area contributed by atoms with E-state index < -0.39 is 5.41 Å². The number of rotatable bonds is 4. The van der Waals surface area contributed by atoms with Crippen LogP contribution in [0.2, 0.25) is 0 Å². The number of nitriles is 1. The fourth-order valence-electron chi connectivity index (χ4n) is 2.24. The van der Waals surface area contributed by atoms with Crippen LogP contribution in [0.4, 0.5) is 0 Å². The molecule has 0 aliphatic heterocycles. The molecule has 0 aromatic heterocycles. The average Bonchev–Trinajstić information content (AvgIpc) is 2.46. The topological polar surface area (TPSA) is 40.9 Å². The first-order valence-corrected chi connectivity index (χ1v) is 6.21. The molecule has 0 heterocycles. The molecule has 0 amide bonds. The van der Waals surface area contributed by atoms with E-state index in [9.17, 15) is 10.1 Å². The lowest BCUT2D eigenvalue weighted by atomic mass is 9.74. The van der Waals surface area contributed by atoms with Crippen LogP contribution in [0.15, 0.2) is 60.7 Å². The Hall–Kier alpha value is -2.40. The number of nitrogens with zero attached hydrogens (tertiary/aromatic N) is 1. The normalized spacial score (nSPS) is 13.3. The van der Waals surface area contributed by atoms with Crippen LogP contribution < -0.4 is 0 Å². The van der Waals surface area contributed by atoms with E-state index in [0.717, 1.165) is 11.1 Å². The highest BCUT2D eigenvalue weighted by Crippen LogP contribution is 2.29. The molecule has 0 fully saturated rings. The summed E-state index contributed by atoms with van der Waals surface area (Å²) in [4.78, 5) is 12.1. The van der Waals surface area contributed by atoms with Gasteiger partial charge in [-0.25, -0.2) is 0 Å². The van der Waals surface area contributed by atoms with E-state index >= 15 is 0 Å². The van der Waals surface area contributed by atoms with Crippen LogP contribution >= 0.6 is 0 Å². The van der Waals surface area contributed by atoms with E-state index in [0.29, 0.717) is 6.42 Å². The second-order valence-electron chi connectivity index (χ2n) is 4.60. The van der Waals surface area contributed by atoms with Crippen LogP contribution in [-0.4, -0.2) is 5.78 Å². The maximum absolute atomic E-state index is 12.1. The molecule has 94 valence electrons. The van der Waals surface area contributed by atoms with Gasteiger partial charge in [0.1, 0.15) is 5.41 Å². The maximum Gasteiger partial charge on any atom is 0.154 e. The monoisotopic (exact) mass is 249 g/mol. The third-order valence-electron chi connectivity index (χ3n) is 3.37. The molecule has 0 N–H and O–H groups in total. The van der Waals surface area contributed by atoms with E-state index in [1.54, 1.807) is 0 Å². The summed E-state index contributed by atoms with van der Waals surface area (Å²) in [6.07, 6.45) is 0.406. The van der Waals surface area contributed by atoms with Crippen molar-refractivity contribution in [3.05, 3.63) is 71.8 Å². The van der Waals surface area contributed by atoms with Crippen LogP contribution in [0.25, 0.3) is 0 Å². The van der Waals surface area contributed by atoms with Crippen molar-refractivity contribution in [2.75, 3.05) is 0 Å². The summed E-state index contributed by atoms with van der Waals surface area (Å²) in [5.74, 6) is -0.120. The van der Waals surface area contributed by atoms with E-state index in [2.05, 4.69) is 6.07 Å². The highest BCUT2D eigenvalue weighted by molar-refractivity contribution is 5.91. The molecule has 2 aromatic rings. The summed E-state index contributed by atoms with van der Waals surface area (Å²) in [6, 6.07) is 21.2. The molecule has 0 saturated carbocycles. The standard InChI is InChI=1S/C17H15NO/c1-14(19)17(13-18,16-10-6-3-7-11-16)12-15-8-4-2-5-9-15/h2-11H,12H2,1H3. The quantitative estimate of drug-likeness (QED) is 0.834. The molecule has 0 aliphatic rings. The van der Waals surface area contributed by atoms with Crippen molar-refractivity contribution in [2.45, 2.75) is 18.8 Å². The van der Waals surface area contributed by atoms with E-state index in [1.165, 1.54) is 6.92 Å². The van der Waals surface area contributed by atoms with Gasteiger partial charge in [0.15, 0.2) is 5.78 Å². The minimum absolute atomic E-state index is 0.120. The third kappa shape index (κ3) is 2.56. The highest BCUT2D eigenvalue weighted by atomic mass is 16.1. The Morgan fingerprint density at radius 2 is 1.58 bits per heavy atom. The molecule has 1 atom stereocenters. The fraction of sp³-hybridized carbons (Fsp3) is 0.176. The van der Waals surface area contributed by atoms with Gasteiger partial charge in [0.05, 0.1) is 6.07 Å². The van der Waals surface area contributed by atoms with Gasteiger partial charge in [-0.15, -0.1) is 0 Å². The Morgan fingerprint density at radius 1 is 1.05 bits per heavy atom. The number of hydrogen-bond donors (Lipinski definition) is 0. The number of hydrogen-bond acceptors (Lipinski definition) is 2. The van der Waals surface area contributed by atoms with Crippen molar-refractivity contribution >= 4 is 5.78 Å². The van der Waals surface area contributed by atoms with Gasteiger partial charge in [-0.2, -0.15) is 5.26 Å². The smallest absolute Gasteiger partial charge is 0.154 e. The van der Waals surface area contributed by atoms with E-state index in [1.807, 2.05) is 60.7 Å². The fourth-order valence-corrected chi connectivity index (χ4v) is 2.24. The molecule has 0 radical (unpaired) electrons. The summed E-state index contributed by atoms with van der Waals surface area (Å²) < 4.78 is 0. The summed E-state index contributed by atoms with van der Waals surface area (Å²) in [5.41, 5.74) is 0.653. The summed E-state index contributed by atoms with van der Waals surface area (Å²) in [5, 5.41) is 9.59. The Morgan fingerprint density at radius 3 is 2.05 bits per heavy atom. The van der Waals surface area contributed by atoms with Gasteiger partial charge in [-0.05, 0) is 18.1 Å². The molecule has 2 heteroatoms. The first-order valence-electron chi connectivity index (χ1n) is 6.21. The van der Waals surface area contributed by atoms with Gasteiger partial charge in [0, 0.05) is 6.42 Å². The lowest BCUT2D eigenvalue weighted by Gasteiger charge is -2.24. The largest absolute Gasteiger partial charge is 0.298 e.